The van der Waals surface area contributed by atoms with Crippen LogP contribution in [0.2, 0.25) is 0 Å². The maximum Gasteiger partial charge on any atom is 0.235 e. The molecule has 1 rings (SSSR count). The summed E-state index contributed by atoms with van der Waals surface area (Å²) in [5.41, 5.74) is 0. The number of rotatable bonds is 1. The fourth-order valence-corrected chi connectivity index (χ4v) is 1.16. The predicted molar refractivity (Wildman–Crippen MR) is 40.6 cm³/mol. The third kappa shape index (κ3) is 1.48. The normalized spacial score (nSPS) is 24.1. The molecule has 1 unspecified atom stereocenters. The molecule has 0 aliphatic carbocycles. The SMILES string of the molecule is CC(C)C1C(=O)C=CNC1=O. The highest BCUT2D eigenvalue weighted by atomic mass is 16.2. The van der Waals surface area contributed by atoms with E-state index in [0.717, 1.165) is 0 Å². The quantitative estimate of drug-likeness (QED) is 0.556. The van der Waals surface area contributed by atoms with Crippen LogP contribution in [0.1, 0.15) is 13.8 Å². The van der Waals surface area contributed by atoms with Crippen LogP contribution in [0, 0.1) is 11.8 Å². The number of allylic oxidation sites excluding steroid dienone is 1. The molecule has 0 aromatic rings. The third-order valence-electron chi connectivity index (χ3n) is 1.73. The summed E-state index contributed by atoms with van der Waals surface area (Å²) in [6.45, 7) is 3.72. The lowest BCUT2D eigenvalue weighted by Gasteiger charge is -2.18. The maximum atomic E-state index is 11.1. The molecule has 1 amide bonds. The van der Waals surface area contributed by atoms with Crippen LogP contribution < -0.4 is 5.32 Å². The zero-order valence-corrected chi connectivity index (χ0v) is 6.63. The first kappa shape index (κ1) is 7.98. The van der Waals surface area contributed by atoms with Gasteiger partial charge in [0, 0.05) is 6.20 Å². The molecule has 0 aromatic carbocycles. The number of carbonyl (C=O) groups is 2. The fourth-order valence-electron chi connectivity index (χ4n) is 1.16. The molecule has 0 radical (unpaired) electrons. The Morgan fingerprint density at radius 2 is 2.09 bits per heavy atom. The van der Waals surface area contributed by atoms with Gasteiger partial charge in [0.1, 0.15) is 5.92 Å². The highest BCUT2D eigenvalue weighted by molar-refractivity contribution is 6.09. The van der Waals surface area contributed by atoms with Crippen LogP contribution >= 0.6 is 0 Å². The number of carbonyl (C=O) groups excluding carboxylic acids is 2. The Morgan fingerprint density at radius 1 is 1.45 bits per heavy atom. The van der Waals surface area contributed by atoms with E-state index in [1.54, 1.807) is 0 Å². The maximum absolute atomic E-state index is 11.1. The molecule has 0 aromatic heterocycles. The second kappa shape index (κ2) is 2.86. The monoisotopic (exact) mass is 153 g/mol. The van der Waals surface area contributed by atoms with Gasteiger partial charge >= 0.3 is 0 Å². The number of amides is 1. The van der Waals surface area contributed by atoms with Gasteiger partial charge in [0.25, 0.3) is 0 Å². The van der Waals surface area contributed by atoms with E-state index < -0.39 is 5.92 Å². The van der Waals surface area contributed by atoms with Gasteiger partial charge in [-0.1, -0.05) is 13.8 Å². The molecule has 3 nitrogen and oxygen atoms in total. The van der Waals surface area contributed by atoms with E-state index in [-0.39, 0.29) is 17.6 Å². The Morgan fingerprint density at radius 3 is 2.45 bits per heavy atom. The van der Waals surface area contributed by atoms with E-state index >= 15 is 0 Å². The molecule has 0 fully saturated rings. The Labute approximate surface area is 65.5 Å². The molecule has 1 atom stereocenters. The molecule has 1 N–H and O–H groups in total. The lowest BCUT2D eigenvalue weighted by Crippen LogP contribution is -2.38. The number of ketones is 1. The van der Waals surface area contributed by atoms with E-state index in [0.29, 0.717) is 0 Å². The zero-order valence-electron chi connectivity index (χ0n) is 6.63. The molecule has 11 heavy (non-hydrogen) atoms. The second-order valence-corrected chi connectivity index (χ2v) is 2.97. The van der Waals surface area contributed by atoms with Gasteiger partial charge in [-0.15, -0.1) is 0 Å². The Kier molecular flexibility index (Phi) is 2.08. The summed E-state index contributed by atoms with van der Waals surface area (Å²) in [7, 11) is 0. The molecular formula is C8H11NO2. The summed E-state index contributed by atoms with van der Waals surface area (Å²) in [4.78, 5) is 22.2. The number of hydrogen-bond acceptors (Lipinski definition) is 2. The summed E-state index contributed by atoms with van der Waals surface area (Å²) in [6, 6.07) is 0. The van der Waals surface area contributed by atoms with Crippen LogP contribution in [0.15, 0.2) is 12.3 Å². The zero-order chi connectivity index (χ0) is 8.43. The van der Waals surface area contributed by atoms with Crippen molar-refractivity contribution in [3.63, 3.8) is 0 Å². The molecule has 3 heteroatoms. The lowest BCUT2D eigenvalue weighted by atomic mass is 9.89. The topological polar surface area (TPSA) is 46.2 Å². The molecule has 0 saturated carbocycles. The molecule has 1 aliphatic rings. The van der Waals surface area contributed by atoms with Crippen molar-refractivity contribution in [2.45, 2.75) is 13.8 Å². The van der Waals surface area contributed by atoms with Gasteiger partial charge in [0.05, 0.1) is 0 Å². The summed E-state index contributed by atoms with van der Waals surface area (Å²) < 4.78 is 0. The molecule has 1 heterocycles. The van der Waals surface area contributed by atoms with E-state index in [1.165, 1.54) is 12.3 Å². The smallest absolute Gasteiger partial charge is 0.235 e. The van der Waals surface area contributed by atoms with Crippen molar-refractivity contribution in [3.05, 3.63) is 12.3 Å². The Balaban J connectivity index is 2.83. The summed E-state index contributed by atoms with van der Waals surface area (Å²) in [6.07, 6.45) is 2.80. The van der Waals surface area contributed by atoms with E-state index in [9.17, 15) is 9.59 Å². The van der Waals surface area contributed by atoms with Gasteiger partial charge in [0.2, 0.25) is 5.91 Å². The average molecular weight is 153 g/mol. The summed E-state index contributed by atoms with van der Waals surface area (Å²) in [5, 5.41) is 2.50. The molecule has 0 spiro atoms. The standard InChI is InChI=1S/C8H11NO2/c1-5(2)7-6(10)3-4-9-8(7)11/h3-5,7H,1-2H3,(H,9,11). The molecule has 60 valence electrons. The first-order valence-corrected chi connectivity index (χ1v) is 3.63. The number of hydrogen-bond donors (Lipinski definition) is 1. The van der Waals surface area contributed by atoms with Gasteiger partial charge in [-0.3, -0.25) is 9.59 Å². The van der Waals surface area contributed by atoms with Crippen molar-refractivity contribution in [2.24, 2.45) is 11.8 Å². The van der Waals surface area contributed by atoms with E-state index in [4.69, 9.17) is 0 Å². The third-order valence-corrected chi connectivity index (χ3v) is 1.73. The van der Waals surface area contributed by atoms with Crippen LogP contribution in [0.4, 0.5) is 0 Å². The van der Waals surface area contributed by atoms with Crippen molar-refractivity contribution in [1.29, 1.82) is 0 Å². The summed E-state index contributed by atoms with van der Waals surface area (Å²) in [5.74, 6) is -0.691. The van der Waals surface area contributed by atoms with Crippen molar-refractivity contribution >= 4 is 11.7 Å². The van der Waals surface area contributed by atoms with Crippen LogP contribution in [-0.2, 0) is 9.59 Å². The lowest BCUT2D eigenvalue weighted by molar-refractivity contribution is -0.133. The van der Waals surface area contributed by atoms with Crippen LogP contribution in [-0.4, -0.2) is 11.7 Å². The van der Waals surface area contributed by atoms with Gasteiger partial charge in [-0.2, -0.15) is 0 Å². The summed E-state index contributed by atoms with van der Waals surface area (Å²) >= 11 is 0. The van der Waals surface area contributed by atoms with E-state index in [1.807, 2.05) is 13.8 Å². The van der Waals surface area contributed by atoms with Crippen LogP contribution in [0.3, 0.4) is 0 Å². The molecular weight excluding hydrogens is 142 g/mol. The average Bonchev–Trinajstić information content (AvgIpc) is 1.85. The minimum atomic E-state index is -0.486. The Hall–Kier alpha value is -1.12. The second-order valence-electron chi connectivity index (χ2n) is 2.97. The number of nitrogens with one attached hydrogen (secondary N) is 1. The van der Waals surface area contributed by atoms with Gasteiger partial charge in [0.15, 0.2) is 5.78 Å². The van der Waals surface area contributed by atoms with E-state index in [2.05, 4.69) is 5.32 Å². The molecule has 0 saturated heterocycles. The highest BCUT2D eigenvalue weighted by Crippen LogP contribution is 2.14. The minimum Gasteiger partial charge on any atom is -0.332 e. The molecule has 0 bridgehead atoms. The predicted octanol–water partition coefficient (Wildman–Crippen LogP) is 0.471. The minimum absolute atomic E-state index is 0.0763. The first-order valence-electron chi connectivity index (χ1n) is 3.63. The Bertz CT molecular complexity index is 218. The van der Waals surface area contributed by atoms with Crippen molar-refractivity contribution in [3.8, 4) is 0 Å². The van der Waals surface area contributed by atoms with Gasteiger partial charge in [-0.05, 0) is 12.0 Å². The first-order chi connectivity index (χ1) is 5.13. The fraction of sp³-hybridized carbons (Fsp3) is 0.500. The van der Waals surface area contributed by atoms with Crippen LogP contribution in [0.5, 0.6) is 0 Å². The van der Waals surface area contributed by atoms with Crippen molar-refractivity contribution < 1.29 is 9.59 Å². The largest absolute Gasteiger partial charge is 0.332 e. The molecule has 1 aliphatic heterocycles. The van der Waals surface area contributed by atoms with Crippen molar-refractivity contribution in [2.75, 3.05) is 0 Å². The highest BCUT2D eigenvalue weighted by Gasteiger charge is 2.29. The van der Waals surface area contributed by atoms with Gasteiger partial charge < -0.3 is 5.32 Å². The van der Waals surface area contributed by atoms with Crippen LogP contribution in [0.25, 0.3) is 0 Å². The van der Waals surface area contributed by atoms with Crippen molar-refractivity contribution in [1.82, 2.24) is 5.32 Å². The van der Waals surface area contributed by atoms with Gasteiger partial charge in [-0.25, -0.2) is 0 Å².